The van der Waals surface area contributed by atoms with Crippen LogP contribution in [0.3, 0.4) is 0 Å². The van der Waals surface area contributed by atoms with Gasteiger partial charge in [0, 0.05) is 43.7 Å². The van der Waals surface area contributed by atoms with Crippen molar-refractivity contribution < 1.29 is 9.21 Å². The molecule has 1 atom stereocenters. The minimum Gasteiger partial charge on any atom is -0.422 e. The Hall–Kier alpha value is -2.97. The van der Waals surface area contributed by atoms with Gasteiger partial charge < -0.3 is 14.2 Å². The van der Waals surface area contributed by atoms with Gasteiger partial charge in [0.25, 0.3) is 6.01 Å². The molecule has 0 spiro atoms. The summed E-state index contributed by atoms with van der Waals surface area (Å²) in [7, 11) is 0. The number of aromatic nitrogens is 5. The van der Waals surface area contributed by atoms with Gasteiger partial charge in [0.05, 0.1) is 0 Å². The molecule has 1 amide bonds. The Morgan fingerprint density at radius 3 is 2.83 bits per heavy atom. The van der Waals surface area contributed by atoms with Gasteiger partial charge in [-0.1, -0.05) is 0 Å². The largest absolute Gasteiger partial charge is 0.422 e. The Labute approximate surface area is 168 Å². The van der Waals surface area contributed by atoms with E-state index in [0.29, 0.717) is 17.2 Å². The second-order valence-corrected chi connectivity index (χ2v) is 8.03. The standard InChI is InChI=1S/C20H25N7O2/c1-13-4-5-16-18(23-13)24-20(29-16)26-9-6-14(7-10-26)19(28)27-8-2-3-15(11-27)17-21-12-22-25-17/h4-5,12,14-15H,2-3,6-11H2,1H3,(H,21,22,25). The van der Waals surface area contributed by atoms with E-state index in [4.69, 9.17) is 4.42 Å². The number of likely N-dealkylation sites (tertiary alicyclic amines) is 1. The smallest absolute Gasteiger partial charge is 0.299 e. The molecule has 3 aromatic rings. The fourth-order valence-corrected chi connectivity index (χ4v) is 4.43. The number of nitrogens with zero attached hydrogens (tertiary/aromatic N) is 6. The first-order valence-electron chi connectivity index (χ1n) is 10.3. The molecule has 2 aliphatic heterocycles. The quantitative estimate of drug-likeness (QED) is 0.725. The Balaban J connectivity index is 1.21. The summed E-state index contributed by atoms with van der Waals surface area (Å²) in [4.78, 5) is 30.5. The summed E-state index contributed by atoms with van der Waals surface area (Å²) in [5.41, 5.74) is 2.27. The normalized spacial score (nSPS) is 21.1. The number of carbonyl (C=O) groups is 1. The lowest BCUT2D eigenvalue weighted by molar-refractivity contribution is -0.137. The lowest BCUT2D eigenvalue weighted by atomic mass is 9.92. The zero-order chi connectivity index (χ0) is 19.8. The van der Waals surface area contributed by atoms with Crippen molar-refractivity contribution >= 4 is 23.2 Å². The van der Waals surface area contributed by atoms with Crippen LogP contribution in [0, 0.1) is 12.8 Å². The predicted molar refractivity (Wildman–Crippen MR) is 106 cm³/mol. The summed E-state index contributed by atoms with van der Waals surface area (Å²) in [6.07, 6.45) is 5.21. The SMILES string of the molecule is Cc1ccc2oc(N3CCC(C(=O)N4CCCC(c5ncn[nH]5)C4)CC3)nc2n1. The molecule has 1 unspecified atom stereocenters. The van der Waals surface area contributed by atoms with Gasteiger partial charge in [-0.2, -0.15) is 10.1 Å². The molecule has 0 radical (unpaired) electrons. The van der Waals surface area contributed by atoms with Crippen molar-refractivity contribution in [2.75, 3.05) is 31.1 Å². The van der Waals surface area contributed by atoms with Gasteiger partial charge in [0.15, 0.2) is 5.58 Å². The van der Waals surface area contributed by atoms with Crippen LogP contribution in [0.1, 0.15) is 43.1 Å². The Bertz CT molecular complexity index is 992. The molecule has 0 aromatic carbocycles. The summed E-state index contributed by atoms with van der Waals surface area (Å²) in [5, 5.41) is 6.91. The molecule has 9 nitrogen and oxygen atoms in total. The summed E-state index contributed by atoms with van der Waals surface area (Å²) >= 11 is 0. The van der Waals surface area contributed by atoms with E-state index in [1.165, 1.54) is 6.33 Å². The monoisotopic (exact) mass is 395 g/mol. The third kappa shape index (κ3) is 3.56. The molecule has 2 aliphatic rings. The first-order valence-corrected chi connectivity index (χ1v) is 10.3. The Morgan fingerprint density at radius 2 is 2.03 bits per heavy atom. The highest BCUT2D eigenvalue weighted by atomic mass is 16.4. The van der Waals surface area contributed by atoms with E-state index < -0.39 is 0 Å². The highest BCUT2D eigenvalue weighted by Crippen LogP contribution is 2.29. The van der Waals surface area contributed by atoms with Crippen LogP contribution in [0.25, 0.3) is 11.2 Å². The number of aryl methyl sites for hydroxylation is 1. The molecule has 5 rings (SSSR count). The number of hydrogen-bond acceptors (Lipinski definition) is 7. The number of carbonyl (C=O) groups excluding carboxylic acids is 1. The van der Waals surface area contributed by atoms with Crippen LogP contribution in [0.4, 0.5) is 6.01 Å². The van der Waals surface area contributed by atoms with E-state index in [1.54, 1.807) is 0 Å². The van der Waals surface area contributed by atoms with Crippen LogP contribution < -0.4 is 4.90 Å². The molecule has 2 fully saturated rings. The number of aromatic amines is 1. The molecule has 5 heterocycles. The van der Waals surface area contributed by atoms with Crippen molar-refractivity contribution in [3.63, 3.8) is 0 Å². The van der Waals surface area contributed by atoms with E-state index >= 15 is 0 Å². The maximum Gasteiger partial charge on any atom is 0.299 e. The lowest BCUT2D eigenvalue weighted by Crippen LogP contribution is -2.46. The highest BCUT2D eigenvalue weighted by Gasteiger charge is 2.33. The maximum atomic E-state index is 13.1. The van der Waals surface area contributed by atoms with Crippen molar-refractivity contribution in [2.45, 2.75) is 38.5 Å². The van der Waals surface area contributed by atoms with Crippen LogP contribution in [-0.2, 0) is 4.79 Å². The molecule has 9 heteroatoms. The van der Waals surface area contributed by atoms with E-state index in [0.717, 1.165) is 63.4 Å². The van der Waals surface area contributed by atoms with Gasteiger partial charge in [-0.15, -0.1) is 0 Å². The number of hydrogen-bond donors (Lipinski definition) is 1. The molecule has 0 bridgehead atoms. The highest BCUT2D eigenvalue weighted by molar-refractivity contribution is 5.79. The number of nitrogens with one attached hydrogen (secondary N) is 1. The molecule has 1 N–H and O–H groups in total. The number of H-pyrrole nitrogens is 1. The molecule has 2 saturated heterocycles. The summed E-state index contributed by atoms with van der Waals surface area (Å²) < 4.78 is 5.87. The molecular formula is C20H25N7O2. The van der Waals surface area contributed by atoms with Gasteiger partial charge in [-0.25, -0.2) is 9.97 Å². The second kappa shape index (κ2) is 7.46. The number of pyridine rings is 1. The van der Waals surface area contributed by atoms with Crippen molar-refractivity contribution in [1.82, 2.24) is 30.0 Å². The number of amides is 1. The predicted octanol–water partition coefficient (Wildman–Crippen LogP) is 2.27. The van der Waals surface area contributed by atoms with E-state index in [2.05, 4.69) is 30.0 Å². The maximum absolute atomic E-state index is 13.1. The number of piperidine rings is 2. The van der Waals surface area contributed by atoms with Crippen molar-refractivity contribution in [3.05, 3.63) is 30.0 Å². The van der Waals surface area contributed by atoms with Crippen molar-refractivity contribution in [3.8, 4) is 0 Å². The van der Waals surface area contributed by atoms with Crippen LogP contribution in [0.15, 0.2) is 22.9 Å². The average molecular weight is 395 g/mol. The third-order valence-electron chi connectivity index (χ3n) is 6.05. The Morgan fingerprint density at radius 1 is 1.17 bits per heavy atom. The van der Waals surface area contributed by atoms with Gasteiger partial charge in [-0.05, 0) is 44.7 Å². The number of oxazole rings is 1. The lowest BCUT2D eigenvalue weighted by Gasteiger charge is -2.37. The third-order valence-corrected chi connectivity index (χ3v) is 6.05. The minimum absolute atomic E-state index is 0.0597. The van der Waals surface area contributed by atoms with Crippen molar-refractivity contribution in [2.24, 2.45) is 5.92 Å². The fraction of sp³-hybridized carbons (Fsp3) is 0.550. The van der Waals surface area contributed by atoms with Gasteiger partial charge in [-0.3, -0.25) is 9.89 Å². The van der Waals surface area contributed by atoms with E-state index in [1.807, 2.05) is 24.0 Å². The van der Waals surface area contributed by atoms with Crippen LogP contribution in [0.5, 0.6) is 0 Å². The zero-order valence-electron chi connectivity index (χ0n) is 16.5. The minimum atomic E-state index is 0.0597. The molecule has 152 valence electrons. The molecule has 3 aromatic heterocycles. The van der Waals surface area contributed by atoms with Gasteiger partial charge in [0.2, 0.25) is 11.6 Å². The Kier molecular flexibility index (Phi) is 4.65. The summed E-state index contributed by atoms with van der Waals surface area (Å²) in [6.45, 7) is 5.03. The zero-order valence-corrected chi connectivity index (χ0v) is 16.5. The first kappa shape index (κ1) is 18.1. The summed E-state index contributed by atoms with van der Waals surface area (Å²) in [6, 6.07) is 4.44. The molecule has 0 aliphatic carbocycles. The fourth-order valence-electron chi connectivity index (χ4n) is 4.43. The van der Waals surface area contributed by atoms with Crippen LogP contribution in [-0.4, -0.2) is 62.1 Å². The van der Waals surface area contributed by atoms with Crippen LogP contribution in [0.2, 0.25) is 0 Å². The first-order chi connectivity index (χ1) is 14.2. The van der Waals surface area contributed by atoms with E-state index in [-0.39, 0.29) is 17.7 Å². The van der Waals surface area contributed by atoms with Crippen LogP contribution >= 0.6 is 0 Å². The molecular weight excluding hydrogens is 370 g/mol. The molecule has 0 saturated carbocycles. The average Bonchev–Trinajstić information content (AvgIpc) is 3.43. The number of rotatable bonds is 3. The second-order valence-electron chi connectivity index (χ2n) is 8.03. The number of fused-ring (bicyclic) bond motifs is 1. The summed E-state index contributed by atoms with van der Waals surface area (Å²) in [5.74, 6) is 1.47. The topological polar surface area (TPSA) is 104 Å². The van der Waals surface area contributed by atoms with Gasteiger partial charge in [0.1, 0.15) is 12.2 Å². The number of anilines is 1. The van der Waals surface area contributed by atoms with Gasteiger partial charge >= 0.3 is 0 Å². The van der Waals surface area contributed by atoms with E-state index in [9.17, 15) is 4.79 Å². The molecule has 29 heavy (non-hydrogen) atoms. The van der Waals surface area contributed by atoms with Crippen molar-refractivity contribution in [1.29, 1.82) is 0 Å².